The van der Waals surface area contributed by atoms with Crippen LogP contribution in [-0.4, -0.2) is 36.7 Å². The number of aliphatic imine (C=N–C) groups is 1. The Balaban J connectivity index is 2.51. The summed E-state index contributed by atoms with van der Waals surface area (Å²) < 4.78 is 54.0. The van der Waals surface area contributed by atoms with E-state index in [4.69, 9.17) is 15.0 Å². The monoisotopic (exact) mass is 399 g/mol. The lowest BCUT2D eigenvalue weighted by atomic mass is 9.85. The average Bonchev–Trinajstić information content (AvgIpc) is 2.64. The SMILES string of the molecule is CC(C)(C)NC(=O)OC1=NC(C)(c2cc(N=[N+]=[N-])ccc2F)C(F)(F)COC1. The van der Waals surface area contributed by atoms with Gasteiger partial charge in [-0.15, -0.1) is 0 Å². The number of nitrogens with zero attached hydrogens (tertiary/aromatic N) is 4. The van der Waals surface area contributed by atoms with Gasteiger partial charge in [0.25, 0.3) is 5.92 Å². The molecule has 0 aliphatic carbocycles. The molecule has 0 bridgehead atoms. The topological polar surface area (TPSA) is 109 Å². The second-order valence-corrected chi connectivity index (χ2v) is 7.39. The number of halogens is 3. The lowest BCUT2D eigenvalue weighted by molar-refractivity contribution is -0.116. The first-order valence-corrected chi connectivity index (χ1v) is 8.27. The number of nitrogens with one attached hydrogen (secondary N) is 1. The third-order valence-electron chi connectivity index (χ3n) is 3.89. The zero-order chi connectivity index (χ0) is 21.2. The van der Waals surface area contributed by atoms with Gasteiger partial charge >= 0.3 is 6.09 Å². The molecule has 0 saturated carbocycles. The normalized spacial score (nSPS) is 21.8. The molecule has 1 heterocycles. The highest BCUT2D eigenvalue weighted by molar-refractivity contribution is 5.89. The van der Waals surface area contributed by atoms with Crippen molar-refractivity contribution in [1.82, 2.24) is 5.32 Å². The predicted octanol–water partition coefficient (Wildman–Crippen LogP) is 4.57. The van der Waals surface area contributed by atoms with Crippen molar-refractivity contribution < 1.29 is 27.4 Å². The standard InChI is InChI=1S/C17H20F3N5O3/c1-15(2,3)23-14(26)28-13-8-27-9-17(19,20)16(4,22-13)11-7-10(24-25-21)5-6-12(11)18/h5-7H,8-9H2,1-4H3,(H,23,26). The molecule has 1 N–H and O–H groups in total. The van der Waals surface area contributed by atoms with E-state index < -0.39 is 53.6 Å². The number of alkyl carbamates (subject to hydrolysis) is 1. The minimum atomic E-state index is -3.64. The summed E-state index contributed by atoms with van der Waals surface area (Å²) in [5.41, 5.74) is 4.85. The highest BCUT2D eigenvalue weighted by atomic mass is 19.3. The molecule has 0 radical (unpaired) electrons. The molecule has 1 aromatic carbocycles. The second-order valence-electron chi connectivity index (χ2n) is 7.39. The lowest BCUT2D eigenvalue weighted by Crippen LogP contribution is -2.45. The van der Waals surface area contributed by atoms with Gasteiger partial charge in [-0.05, 0) is 51.4 Å². The van der Waals surface area contributed by atoms with Crippen LogP contribution in [0.2, 0.25) is 0 Å². The maximum Gasteiger partial charge on any atom is 0.414 e. The van der Waals surface area contributed by atoms with Crippen LogP contribution in [0.15, 0.2) is 28.3 Å². The van der Waals surface area contributed by atoms with E-state index in [1.807, 2.05) is 0 Å². The first kappa shape index (κ1) is 21.5. The van der Waals surface area contributed by atoms with Crippen LogP contribution in [0.1, 0.15) is 33.3 Å². The number of hydrogen-bond acceptors (Lipinski definition) is 5. The van der Waals surface area contributed by atoms with Gasteiger partial charge in [-0.25, -0.2) is 23.0 Å². The van der Waals surface area contributed by atoms with Crippen LogP contribution in [0.25, 0.3) is 10.4 Å². The molecule has 11 heteroatoms. The summed E-state index contributed by atoms with van der Waals surface area (Å²) in [6.45, 7) is 4.52. The highest BCUT2D eigenvalue weighted by Crippen LogP contribution is 2.44. The lowest BCUT2D eigenvalue weighted by Gasteiger charge is -2.33. The van der Waals surface area contributed by atoms with E-state index >= 15 is 0 Å². The molecule has 2 rings (SSSR count). The number of alkyl halides is 2. The van der Waals surface area contributed by atoms with Crippen LogP contribution in [0.3, 0.4) is 0 Å². The first-order chi connectivity index (χ1) is 12.9. The van der Waals surface area contributed by atoms with E-state index in [1.165, 1.54) is 0 Å². The van der Waals surface area contributed by atoms with Gasteiger partial charge < -0.3 is 14.8 Å². The second kappa shape index (κ2) is 7.69. The molecular weight excluding hydrogens is 379 g/mol. The first-order valence-electron chi connectivity index (χ1n) is 8.27. The van der Waals surface area contributed by atoms with Crippen molar-refractivity contribution in [2.24, 2.45) is 10.1 Å². The predicted molar refractivity (Wildman–Crippen MR) is 95.1 cm³/mol. The van der Waals surface area contributed by atoms with E-state index in [9.17, 15) is 18.0 Å². The van der Waals surface area contributed by atoms with Gasteiger partial charge in [0.1, 0.15) is 19.0 Å². The van der Waals surface area contributed by atoms with Gasteiger partial charge in [0, 0.05) is 21.7 Å². The van der Waals surface area contributed by atoms with Crippen LogP contribution < -0.4 is 5.32 Å². The van der Waals surface area contributed by atoms with E-state index in [2.05, 4.69) is 20.3 Å². The van der Waals surface area contributed by atoms with Crippen molar-refractivity contribution in [1.29, 1.82) is 0 Å². The summed E-state index contributed by atoms with van der Waals surface area (Å²) in [5.74, 6) is -5.06. The third kappa shape index (κ3) is 4.73. The number of ether oxygens (including phenoxy) is 2. The quantitative estimate of drug-likeness (QED) is 0.447. The van der Waals surface area contributed by atoms with Gasteiger partial charge in [-0.1, -0.05) is 5.11 Å². The van der Waals surface area contributed by atoms with Gasteiger partial charge in [0.15, 0.2) is 5.54 Å². The van der Waals surface area contributed by atoms with Crippen LogP contribution >= 0.6 is 0 Å². The van der Waals surface area contributed by atoms with E-state index in [-0.39, 0.29) is 5.69 Å². The molecule has 0 spiro atoms. The third-order valence-corrected chi connectivity index (χ3v) is 3.89. The Kier molecular flexibility index (Phi) is 5.91. The molecule has 1 amide bonds. The molecule has 0 saturated heterocycles. The van der Waals surface area contributed by atoms with Crippen molar-refractivity contribution in [3.8, 4) is 0 Å². The van der Waals surface area contributed by atoms with Crippen LogP contribution in [0, 0.1) is 5.82 Å². The minimum absolute atomic E-state index is 0.0655. The summed E-state index contributed by atoms with van der Waals surface area (Å²) in [5, 5.41) is 5.80. The summed E-state index contributed by atoms with van der Waals surface area (Å²) in [4.78, 5) is 18.4. The smallest absolute Gasteiger partial charge is 0.393 e. The van der Waals surface area contributed by atoms with Crippen LogP contribution in [-0.2, 0) is 15.0 Å². The number of amides is 1. The van der Waals surface area contributed by atoms with Gasteiger partial charge in [-0.2, -0.15) is 0 Å². The van der Waals surface area contributed by atoms with Crippen molar-refractivity contribution >= 4 is 17.7 Å². The molecule has 1 unspecified atom stereocenters. The molecule has 1 aliphatic rings. The zero-order valence-corrected chi connectivity index (χ0v) is 15.8. The van der Waals surface area contributed by atoms with Crippen molar-refractivity contribution in [2.75, 3.05) is 13.2 Å². The molecule has 152 valence electrons. The summed E-state index contributed by atoms with van der Waals surface area (Å²) in [7, 11) is 0. The molecule has 0 aromatic heterocycles. The average molecular weight is 399 g/mol. The number of azide groups is 1. The van der Waals surface area contributed by atoms with Gasteiger partial charge in [0.2, 0.25) is 5.90 Å². The van der Waals surface area contributed by atoms with Crippen LogP contribution in [0.4, 0.5) is 23.7 Å². The molecule has 0 fully saturated rings. The Morgan fingerprint density at radius 2 is 2.11 bits per heavy atom. The van der Waals surface area contributed by atoms with Gasteiger partial charge in [0.05, 0.1) is 0 Å². The minimum Gasteiger partial charge on any atom is -0.393 e. The van der Waals surface area contributed by atoms with E-state index in [0.717, 1.165) is 25.1 Å². The number of carbonyl (C=O) groups excluding carboxylic acids is 1. The summed E-state index contributed by atoms with van der Waals surface area (Å²) in [6, 6.07) is 3.02. The van der Waals surface area contributed by atoms with E-state index in [1.54, 1.807) is 20.8 Å². The Hall–Kier alpha value is -2.78. The maximum absolute atomic E-state index is 14.8. The molecular formula is C17H20F3N5O3. The molecule has 8 nitrogen and oxygen atoms in total. The molecule has 1 aromatic rings. The number of benzene rings is 1. The Bertz CT molecular complexity index is 847. The largest absolute Gasteiger partial charge is 0.414 e. The molecule has 1 aliphatic heterocycles. The van der Waals surface area contributed by atoms with Crippen LogP contribution in [0.5, 0.6) is 0 Å². The maximum atomic E-state index is 14.8. The number of carbonyl (C=O) groups is 1. The Morgan fingerprint density at radius 1 is 1.43 bits per heavy atom. The number of rotatable bonds is 2. The summed E-state index contributed by atoms with van der Waals surface area (Å²) >= 11 is 0. The highest BCUT2D eigenvalue weighted by Gasteiger charge is 2.55. The fourth-order valence-corrected chi connectivity index (χ4v) is 2.52. The Morgan fingerprint density at radius 3 is 2.71 bits per heavy atom. The zero-order valence-electron chi connectivity index (χ0n) is 15.8. The fraction of sp³-hybridized carbons (Fsp3) is 0.529. The van der Waals surface area contributed by atoms with Gasteiger partial charge in [-0.3, -0.25) is 0 Å². The fourth-order valence-electron chi connectivity index (χ4n) is 2.52. The molecule has 1 atom stereocenters. The number of hydrogen-bond donors (Lipinski definition) is 1. The van der Waals surface area contributed by atoms with Crippen molar-refractivity contribution in [3.05, 3.63) is 40.0 Å². The summed E-state index contributed by atoms with van der Waals surface area (Å²) in [6.07, 6.45) is -0.911. The van der Waals surface area contributed by atoms with Crippen molar-refractivity contribution in [2.45, 2.75) is 44.7 Å². The van der Waals surface area contributed by atoms with Crippen molar-refractivity contribution in [3.63, 3.8) is 0 Å². The molecule has 28 heavy (non-hydrogen) atoms. The van der Waals surface area contributed by atoms with E-state index in [0.29, 0.717) is 0 Å². The Labute approximate surface area is 159 Å².